The van der Waals surface area contributed by atoms with Gasteiger partial charge >= 0.3 is 0 Å². The molecule has 1 nitrogen and oxygen atoms in total. The lowest BCUT2D eigenvalue weighted by atomic mass is 10.0. The van der Waals surface area contributed by atoms with Gasteiger partial charge < -0.3 is 5.73 Å². The van der Waals surface area contributed by atoms with Crippen molar-refractivity contribution in [1.82, 2.24) is 0 Å². The molecule has 1 aromatic carbocycles. The summed E-state index contributed by atoms with van der Waals surface area (Å²) in [5.41, 5.74) is 7.53. The minimum atomic E-state index is -0.153. The first-order valence-electron chi connectivity index (χ1n) is 4.70. The molecule has 1 aromatic rings. The molecule has 0 spiro atoms. The Hall–Kier alpha value is -0.890. The van der Waals surface area contributed by atoms with Crippen LogP contribution in [0.4, 0.5) is 4.39 Å². The average Bonchev–Trinajstić information content (AvgIpc) is 2.85. The zero-order chi connectivity index (χ0) is 9.42. The Morgan fingerprint density at radius 3 is 2.69 bits per heavy atom. The molecule has 0 aromatic heterocycles. The van der Waals surface area contributed by atoms with Crippen molar-refractivity contribution in [3.05, 3.63) is 35.1 Å². The third-order valence-corrected chi connectivity index (χ3v) is 2.64. The highest BCUT2D eigenvalue weighted by Gasteiger charge is 2.30. The highest BCUT2D eigenvalue weighted by Crippen LogP contribution is 2.40. The maximum atomic E-state index is 13.4. The van der Waals surface area contributed by atoms with Crippen LogP contribution < -0.4 is 5.73 Å². The number of rotatable bonds is 2. The van der Waals surface area contributed by atoms with Crippen molar-refractivity contribution in [2.45, 2.75) is 25.8 Å². The Labute approximate surface area is 77.8 Å². The van der Waals surface area contributed by atoms with Gasteiger partial charge in [-0.2, -0.15) is 0 Å². The van der Waals surface area contributed by atoms with Gasteiger partial charge in [0.25, 0.3) is 0 Å². The number of halogens is 1. The molecular formula is C11H14FN. The highest BCUT2D eigenvalue weighted by atomic mass is 19.1. The Kier molecular flexibility index (Phi) is 2.08. The summed E-state index contributed by atoms with van der Waals surface area (Å²) in [6.07, 6.45) is 2.29. The first-order valence-corrected chi connectivity index (χ1v) is 4.70. The van der Waals surface area contributed by atoms with E-state index in [2.05, 4.69) is 0 Å². The lowest BCUT2D eigenvalue weighted by Gasteiger charge is -2.11. The van der Waals surface area contributed by atoms with Gasteiger partial charge in [-0.05, 0) is 37.3 Å². The summed E-state index contributed by atoms with van der Waals surface area (Å²) >= 11 is 0. The molecule has 2 heteroatoms. The molecule has 0 unspecified atom stereocenters. The van der Waals surface area contributed by atoms with Crippen LogP contribution in [-0.4, -0.2) is 0 Å². The predicted octanol–water partition coefficient (Wildman–Crippen LogP) is 2.54. The largest absolute Gasteiger partial charge is 0.324 e. The van der Waals surface area contributed by atoms with Crippen LogP contribution in [0.2, 0.25) is 0 Å². The van der Waals surface area contributed by atoms with Crippen LogP contribution in [0, 0.1) is 18.7 Å². The molecule has 70 valence electrons. The second-order valence-electron chi connectivity index (χ2n) is 3.89. The first-order chi connectivity index (χ1) is 6.18. The van der Waals surface area contributed by atoms with Crippen molar-refractivity contribution in [3.8, 4) is 0 Å². The van der Waals surface area contributed by atoms with Crippen molar-refractivity contribution < 1.29 is 4.39 Å². The van der Waals surface area contributed by atoms with Crippen LogP contribution in [0.15, 0.2) is 18.2 Å². The van der Waals surface area contributed by atoms with E-state index in [1.54, 1.807) is 6.07 Å². The lowest BCUT2D eigenvalue weighted by molar-refractivity contribution is 0.553. The fourth-order valence-electron chi connectivity index (χ4n) is 1.61. The summed E-state index contributed by atoms with van der Waals surface area (Å²) < 4.78 is 13.4. The third kappa shape index (κ3) is 1.73. The van der Waals surface area contributed by atoms with E-state index in [0.29, 0.717) is 11.5 Å². The molecule has 0 heterocycles. The maximum Gasteiger partial charge on any atom is 0.128 e. The minimum Gasteiger partial charge on any atom is -0.324 e. The van der Waals surface area contributed by atoms with E-state index in [1.165, 1.54) is 0 Å². The van der Waals surface area contributed by atoms with Crippen LogP contribution in [0.3, 0.4) is 0 Å². The average molecular weight is 179 g/mol. The summed E-state index contributed by atoms with van der Waals surface area (Å²) in [6, 6.07) is 5.19. The van der Waals surface area contributed by atoms with Crippen molar-refractivity contribution in [2.24, 2.45) is 11.7 Å². The monoisotopic (exact) mass is 179 g/mol. The molecule has 2 N–H and O–H groups in total. The fourth-order valence-corrected chi connectivity index (χ4v) is 1.61. The van der Waals surface area contributed by atoms with Crippen LogP contribution in [0.25, 0.3) is 0 Å². The molecule has 0 saturated heterocycles. The van der Waals surface area contributed by atoms with Gasteiger partial charge in [0.15, 0.2) is 0 Å². The first kappa shape index (κ1) is 8.70. The van der Waals surface area contributed by atoms with Gasteiger partial charge in [0.05, 0.1) is 0 Å². The molecule has 13 heavy (non-hydrogen) atoms. The third-order valence-electron chi connectivity index (χ3n) is 2.64. The van der Waals surface area contributed by atoms with Gasteiger partial charge in [0.2, 0.25) is 0 Å². The minimum absolute atomic E-state index is 0.0967. The van der Waals surface area contributed by atoms with Crippen molar-refractivity contribution in [1.29, 1.82) is 0 Å². The number of benzene rings is 1. The molecule has 0 aliphatic heterocycles. The van der Waals surface area contributed by atoms with Crippen LogP contribution in [0.5, 0.6) is 0 Å². The Morgan fingerprint density at radius 1 is 1.46 bits per heavy atom. The normalized spacial score (nSPS) is 18.7. The van der Waals surface area contributed by atoms with Gasteiger partial charge in [-0.25, -0.2) is 4.39 Å². The Morgan fingerprint density at radius 2 is 2.15 bits per heavy atom. The number of hydrogen-bond donors (Lipinski definition) is 1. The SMILES string of the molecule is Cc1ccc([C@@H](N)C2CC2)c(F)c1. The molecule has 1 aliphatic carbocycles. The van der Waals surface area contributed by atoms with Gasteiger partial charge in [0.1, 0.15) is 5.82 Å². The smallest absolute Gasteiger partial charge is 0.128 e. The maximum absolute atomic E-state index is 13.4. The summed E-state index contributed by atoms with van der Waals surface area (Å²) in [4.78, 5) is 0. The van der Waals surface area contributed by atoms with Crippen molar-refractivity contribution in [3.63, 3.8) is 0 Å². The second-order valence-corrected chi connectivity index (χ2v) is 3.89. The number of nitrogens with two attached hydrogens (primary N) is 1. The van der Waals surface area contributed by atoms with Gasteiger partial charge in [-0.3, -0.25) is 0 Å². The summed E-state index contributed by atoms with van der Waals surface area (Å²) in [7, 11) is 0. The molecule has 0 amide bonds. The fraction of sp³-hybridized carbons (Fsp3) is 0.455. The van der Waals surface area contributed by atoms with Gasteiger partial charge in [0, 0.05) is 11.6 Å². The summed E-state index contributed by atoms with van der Waals surface area (Å²) in [6.45, 7) is 1.88. The van der Waals surface area contributed by atoms with E-state index in [-0.39, 0.29) is 11.9 Å². The summed E-state index contributed by atoms with van der Waals surface area (Å²) in [5, 5.41) is 0. The molecule has 0 bridgehead atoms. The standard InChI is InChI=1S/C11H14FN/c1-7-2-5-9(10(12)6-7)11(13)8-3-4-8/h2,5-6,8,11H,3-4,13H2,1H3/t11-/m0/s1. The predicted molar refractivity (Wildman–Crippen MR) is 50.8 cm³/mol. The van der Waals surface area contributed by atoms with Crippen molar-refractivity contribution in [2.75, 3.05) is 0 Å². The quantitative estimate of drug-likeness (QED) is 0.741. The molecule has 1 atom stereocenters. The zero-order valence-corrected chi connectivity index (χ0v) is 7.76. The second kappa shape index (κ2) is 3.11. The van der Waals surface area contributed by atoms with Crippen LogP contribution in [0.1, 0.15) is 30.0 Å². The lowest BCUT2D eigenvalue weighted by Crippen LogP contribution is -2.14. The van der Waals surface area contributed by atoms with E-state index in [4.69, 9.17) is 5.73 Å². The highest BCUT2D eigenvalue weighted by molar-refractivity contribution is 5.27. The van der Waals surface area contributed by atoms with Gasteiger partial charge in [-0.15, -0.1) is 0 Å². The van der Waals surface area contributed by atoms with Crippen LogP contribution in [-0.2, 0) is 0 Å². The molecular weight excluding hydrogens is 165 g/mol. The topological polar surface area (TPSA) is 26.0 Å². The summed E-state index contributed by atoms with van der Waals surface area (Å²) in [5.74, 6) is 0.358. The van der Waals surface area contributed by atoms with E-state index in [1.807, 2.05) is 19.1 Å². The number of hydrogen-bond acceptors (Lipinski definition) is 1. The van der Waals surface area contributed by atoms with E-state index >= 15 is 0 Å². The van der Waals surface area contributed by atoms with E-state index in [9.17, 15) is 4.39 Å². The molecule has 1 aliphatic rings. The zero-order valence-electron chi connectivity index (χ0n) is 7.76. The molecule has 1 fully saturated rings. The van der Waals surface area contributed by atoms with Crippen molar-refractivity contribution >= 4 is 0 Å². The molecule has 2 rings (SSSR count). The molecule has 0 radical (unpaired) electrons. The molecule has 1 saturated carbocycles. The van der Waals surface area contributed by atoms with Gasteiger partial charge in [-0.1, -0.05) is 12.1 Å². The number of aryl methyl sites for hydroxylation is 1. The van der Waals surface area contributed by atoms with E-state index in [0.717, 1.165) is 18.4 Å². The Balaban J connectivity index is 2.28. The Bertz CT molecular complexity index is 318. The van der Waals surface area contributed by atoms with Crippen LogP contribution >= 0.6 is 0 Å². The van der Waals surface area contributed by atoms with E-state index < -0.39 is 0 Å².